The largest absolute Gasteiger partial charge is 0.504 e. The third-order valence-corrected chi connectivity index (χ3v) is 5.13. The van der Waals surface area contributed by atoms with Crippen LogP contribution in [0, 0.1) is 0 Å². The van der Waals surface area contributed by atoms with Crippen molar-refractivity contribution in [1.29, 1.82) is 0 Å². The molecule has 0 saturated carbocycles. The number of nitrogens with one attached hydrogen (secondary N) is 2. The molecule has 8 heteroatoms. The van der Waals surface area contributed by atoms with Crippen molar-refractivity contribution in [1.82, 2.24) is 10.3 Å². The fourth-order valence-corrected chi connectivity index (χ4v) is 3.37. The Morgan fingerprint density at radius 1 is 1.09 bits per heavy atom. The van der Waals surface area contributed by atoms with Crippen molar-refractivity contribution >= 4 is 16.8 Å². The van der Waals surface area contributed by atoms with Crippen molar-refractivity contribution in [2.45, 2.75) is 32.6 Å². The number of amides is 1. The standard InChI is InChI=1S/C24H28N2O6/c1-3-4-5-12-32-22-20(31-2)9-7-16-14-17(24(30)26-21(16)22)23(29)25-11-10-15-6-8-18(27)19(28)13-15/h6-9,13-14,27-28H,3-5,10-12H2,1-2H3,(H,25,29)(H,26,30). The molecule has 0 atom stereocenters. The van der Waals surface area contributed by atoms with Crippen LogP contribution in [0.2, 0.25) is 0 Å². The molecular weight excluding hydrogens is 412 g/mol. The molecule has 170 valence electrons. The van der Waals surface area contributed by atoms with Crippen LogP contribution in [0.25, 0.3) is 10.9 Å². The third-order valence-electron chi connectivity index (χ3n) is 5.13. The molecule has 3 rings (SSSR count). The number of carbonyl (C=O) groups excluding carboxylic acids is 1. The molecular formula is C24H28N2O6. The predicted molar refractivity (Wildman–Crippen MR) is 122 cm³/mol. The molecule has 32 heavy (non-hydrogen) atoms. The van der Waals surface area contributed by atoms with Gasteiger partial charge in [-0.05, 0) is 48.7 Å². The molecule has 0 aliphatic rings. The lowest BCUT2D eigenvalue weighted by Gasteiger charge is -2.14. The summed E-state index contributed by atoms with van der Waals surface area (Å²) in [4.78, 5) is 28.0. The van der Waals surface area contributed by atoms with Crippen LogP contribution < -0.4 is 20.3 Å². The minimum atomic E-state index is -0.524. The van der Waals surface area contributed by atoms with Crippen molar-refractivity contribution in [2.75, 3.05) is 20.3 Å². The van der Waals surface area contributed by atoms with Crippen LogP contribution in [0.1, 0.15) is 42.1 Å². The molecule has 8 nitrogen and oxygen atoms in total. The van der Waals surface area contributed by atoms with Crippen molar-refractivity contribution in [2.24, 2.45) is 0 Å². The van der Waals surface area contributed by atoms with Gasteiger partial charge in [0.25, 0.3) is 11.5 Å². The number of hydrogen-bond donors (Lipinski definition) is 4. The highest BCUT2D eigenvalue weighted by molar-refractivity contribution is 5.98. The summed E-state index contributed by atoms with van der Waals surface area (Å²) >= 11 is 0. The lowest BCUT2D eigenvalue weighted by atomic mass is 10.1. The number of pyridine rings is 1. The number of hydrogen-bond acceptors (Lipinski definition) is 6. The Hall–Kier alpha value is -3.68. The lowest BCUT2D eigenvalue weighted by molar-refractivity contribution is 0.0952. The average molecular weight is 440 g/mol. The predicted octanol–water partition coefficient (Wildman–Crippen LogP) is 3.49. The number of aromatic nitrogens is 1. The lowest BCUT2D eigenvalue weighted by Crippen LogP contribution is -2.31. The summed E-state index contributed by atoms with van der Waals surface area (Å²) in [7, 11) is 1.54. The van der Waals surface area contributed by atoms with E-state index in [9.17, 15) is 19.8 Å². The number of phenols is 2. The normalized spacial score (nSPS) is 10.8. The van der Waals surface area contributed by atoms with Crippen molar-refractivity contribution < 1.29 is 24.5 Å². The Labute approximate surface area is 185 Å². The average Bonchev–Trinajstić information content (AvgIpc) is 2.78. The van der Waals surface area contributed by atoms with Gasteiger partial charge >= 0.3 is 0 Å². The van der Waals surface area contributed by atoms with Crippen LogP contribution in [0.4, 0.5) is 0 Å². The molecule has 0 bridgehead atoms. The zero-order valence-electron chi connectivity index (χ0n) is 18.2. The second-order valence-electron chi connectivity index (χ2n) is 7.46. The molecule has 0 spiro atoms. The van der Waals surface area contributed by atoms with E-state index in [1.807, 2.05) is 0 Å². The van der Waals surface area contributed by atoms with E-state index in [0.717, 1.165) is 24.8 Å². The number of carbonyl (C=O) groups is 1. The summed E-state index contributed by atoms with van der Waals surface area (Å²) in [6.07, 6.45) is 3.43. The fraction of sp³-hybridized carbons (Fsp3) is 0.333. The monoisotopic (exact) mass is 440 g/mol. The van der Waals surface area contributed by atoms with Crippen LogP contribution in [-0.4, -0.2) is 41.4 Å². The van der Waals surface area contributed by atoms with Gasteiger partial charge in [-0.1, -0.05) is 25.8 Å². The number of methoxy groups -OCH3 is 1. The molecule has 1 heterocycles. The van der Waals surface area contributed by atoms with Crippen LogP contribution in [0.3, 0.4) is 0 Å². The second-order valence-corrected chi connectivity index (χ2v) is 7.46. The van der Waals surface area contributed by atoms with E-state index >= 15 is 0 Å². The fourth-order valence-electron chi connectivity index (χ4n) is 3.37. The number of aromatic amines is 1. The first-order valence-corrected chi connectivity index (χ1v) is 10.6. The van der Waals surface area contributed by atoms with Crippen LogP contribution in [0.15, 0.2) is 41.2 Å². The summed E-state index contributed by atoms with van der Waals surface area (Å²) < 4.78 is 11.3. The number of benzene rings is 2. The number of unbranched alkanes of at least 4 members (excludes halogenated alkanes) is 2. The van der Waals surface area contributed by atoms with Gasteiger partial charge in [0.05, 0.1) is 19.2 Å². The van der Waals surface area contributed by atoms with Gasteiger partial charge in [0.2, 0.25) is 0 Å². The van der Waals surface area contributed by atoms with E-state index in [4.69, 9.17) is 9.47 Å². The number of aromatic hydroxyl groups is 2. The molecule has 0 aliphatic heterocycles. The van der Waals surface area contributed by atoms with Crippen molar-refractivity contribution in [3.63, 3.8) is 0 Å². The number of phenolic OH excluding ortho intramolecular Hbond substituents is 2. The Morgan fingerprint density at radius 3 is 2.62 bits per heavy atom. The first-order valence-electron chi connectivity index (χ1n) is 10.6. The molecule has 1 amide bonds. The zero-order valence-corrected chi connectivity index (χ0v) is 18.2. The summed E-state index contributed by atoms with van der Waals surface area (Å²) in [6.45, 7) is 2.87. The number of ether oxygens (including phenoxy) is 2. The zero-order chi connectivity index (χ0) is 23.1. The Bertz CT molecular complexity index is 1160. The van der Waals surface area contributed by atoms with E-state index in [2.05, 4.69) is 17.2 Å². The molecule has 0 aliphatic carbocycles. The quantitative estimate of drug-likeness (QED) is 0.283. The first-order chi connectivity index (χ1) is 15.4. The highest BCUT2D eigenvalue weighted by Gasteiger charge is 2.16. The van der Waals surface area contributed by atoms with Crippen LogP contribution in [0.5, 0.6) is 23.0 Å². The van der Waals surface area contributed by atoms with E-state index in [1.165, 1.54) is 25.3 Å². The first kappa shape index (κ1) is 23.0. The van der Waals surface area contributed by atoms with Gasteiger partial charge in [-0.2, -0.15) is 0 Å². The molecule has 0 saturated heterocycles. The Balaban J connectivity index is 1.76. The van der Waals surface area contributed by atoms with E-state index in [1.54, 1.807) is 18.2 Å². The van der Waals surface area contributed by atoms with E-state index in [-0.39, 0.29) is 23.6 Å². The highest BCUT2D eigenvalue weighted by Crippen LogP contribution is 2.34. The summed E-state index contributed by atoms with van der Waals surface area (Å²) in [5, 5.41) is 22.3. The van der Waals surface area contributed by atoms with E-state index in [0.29, 0.717) is 35.4 Å². The molecule has 3 aromatic rings. The topological polar surface area (TPSA) is 121 Å². The maximum Gasteiger partial charge on any atom is 0.261 e. The molecule has 0 unspecified atom stereocenters. The second kappa shape index (κ2) is 10.6. The van der Waals surface area contributed by atoms with Crippen LogP contribution >= 0.6 is 0 Å². The highest BCUT2D eigenvalue weighted by atomic mass is 16.5. The summed E-state index contributed by atoms with van der Waals surface area (Å²) in [5.41, 5.74) is 0.698. The molecule has 0 fully saturated rings. The minimum Gasteiger partial charge on any atom is -0.504 e. The maximum atomic E-state index is 12.6. The van der Waals surface area contributed by atoms with Gasteiger partial charge in [0, 0.05) is 11.9 Å². The van der Waals surface area contributed by atoms with Crippen molar-refractivity contribution in [3.8, 4) is 23.0 Å². The van der Waals surface area contributed by atoms with E-state index < -0.39 is 11.5 Å². The number of H-pyrrole nitrogens is 1. The van der Waals surface area contributed by atoms with Gasteiger partial charge < -0.3 is 30.0 Å². The minimum absolute atomic E-state index is 0.00634. The van der Waals surface area contributed by atoms with Gasteiger partial charge in [-0.3, -0.25) is 9.59 Å². The number of rotatable bonds is 10. The summed E-state index contributed by atoms with van der Waals surface area (Å²) in [6, 6.07) is 9.51. The van der Waals surface area contributed by atoms with Gasteiger partial charge in [-0.15, -0.1) is 0 Å². The molecule has 0 radical (unpaired) electrons. The van der Waals surface area contributed by atoms with Gasteiger partial charge in [0.15, 0.2) is 23.0 Å². The van der Waals surface area contributed by atoms with Gasteiger partial charge in [0.1, 0.15) is 5.56 Å². The van der Waals surface area contributed by atoms with Crippen molar-refractivity contribution in [3.05, 3.63) is 57.9 Å². The summed E-state index contributed by atoms with van der Waals surface area (Å²) in [5.74, 6) is 0.0439. The third kappa shape index (κ3) is 5.32. The molecule has 2 aromatic carbocycles. The van der Waals surface area contributed by atoms with Gasteiger partial charge in [-0.25, -0.2) is 0 Å². The number of fused-ring (bicyclic) bond motifs is 1. The SMILES string of the molecule is CCCCCOc1c(OC)ccc2cc(C(=O)NCCc3ccc(O)c(O)c3)c(=O)[nH]c12. The Morgan fingerprint density at radius 2 is 1.91 bits per heavy atom. The molecule has 4 N–H and O–H groups in total. The maximum absolute atomic E-state index is 12.6. The Kier molecular flexibility index (Phi) is 7.59. The van der Waals surface area contributed by atoms with Crippen LogP contribution in [-0.2, 0) is 6.42 Å². The molecule has 1 aromatic heterocycles. The smallest absolute Gasteiger partial charge is 0.261 e.